The molecule has 0 bridgehead atoms. The van der Waals surface area contributed by atoms with Crippen LogP contribution in [0.15, 0.2) is 12.3 Å². The predicted octanol–water partition coefficient (Wildman–Crippen LogP) is 2.64. The third kappa shape index (κ3) is 4.48. The van der Waals surface area contributed by atoms with Gasteiger partial charge in [0.1, 0.15) is 5.82 Å². The molecule has 112 valence electrons. The zero-order chi connectivity index (χ0) is 14.4. The fourth-order valence-electron chi connectivity index (χ4n) is 2.53. The standard InChI is InChI=1S/C14H22Cl2N4/c15-12-10-13(16)14(18-11-12)20-7-3-6-19(8-9-20)5-2-1-4-17/h10-11H,1-9,17H2. The molecule has 0 amide bonds. The Bertz CT molecular complexity index is 428. The molecule has 2 heterocycles. The first-order valence-electron chi connectivity index (χ1n) is 7.19. The third-order valence-electron chi connectivity index (χ3n) is 3.60. The summed E-state index contributed by atoms with van der Waals surface area (Å²) >= 11 is 12.1. The van der Waals surface area contributed by atoms with E-state index in [2.05, 4.69) is 14.8 Å². The van der Waals surface area contributed by atoms with Crippen LogP contribution in [0.3, 0.4) is 0 Å². The summed E-state index contributed by atoms with van der Waals surface area (Å²) in [5, 5.41) is 1.21. The number of unbranched alkanes of at least 4 members (excludes halogenated alkanes) is 1. The minimum absolute atomic E-state index is 0.581. The summed E-state index contributed by atoms with van der Waals surface area (Å²) in [6.45, 7) is 6.04. The quantitative estimate of drug-likeness (QED) is 0.848. The van der Waals surface area contributed by atoms with Gasteiger partial charge < -0.3 is 15.5 Å². The zero-order valence-electron chi connectivity index (χ0n) is 11.7. The predicted molar refractivity (Wildman–Crippen MR) is 85.8 cm³/mol. The van der Waals surface area contributed by atoms with E-state index in [1.165, 1.54) is 6.42 Å². The Morgan fingerprint density at radius 3 is 2.75 bits per heavy atom. The van der Waals surface area contributed by atoms with Gasteiger partial charge in [0.15, 0.2) is 0 Å². The van der Waals surface area contributed by atoms with E-state index >= 15 is 0 Å². The van der Waals surface area contributed by atoms with Gasteiger partial charge in [-0.05, 0) is 45.0 Å². The fourth-order valence-corrected chi connectivity index (χ4v) is 3.03. The molecule has 0 atom stereocenters. The summed E-state index contributed by atoms with van der Waals surface area (Å²) < 4.78 is 0. The topological polar surface area (TPSA) is 45.4 Å². The maximum Gasteiger partial charge on any atom is 0.147 e. The lowest BCUT2D eigenvalue weighted by molar-refractivity contribution is 0.288. The second-order valence-corrected chi connectivity index (χ2v) is 5.98. The second-order valence-electron chi connectivity index (χ2n) is 5.14. The average molecular weight is 317 g/mol. The summed E-state index contributed by atoms with van der Waals surface area (Å²) in [4.78, 5) is 9.12. The van der Waals surface area contributed by atoms with Crippen molar-refractivity contribution in [1.82, 2.24) is 9.88 Å². The molecule has 2 rings (SSSR count). The summed E-state index contributed by atoms with van der Waals surface area (Å²) in [7, 11) is 0. The number of nitrogens with two attached hydrogens (primary N) is 1. The largest absolute Gasteiger partial charge is 0.354 e. The van der Waals surface area contributed by atoms with E-state index in [1.807, 2.05) is 0 Å². The lowest BCUT2D eigenvalue weighted by Crippen LogP contribution is -2.32. The Morgan fingerprint density at radius 1 is 1.15 bits per heavy atom. The Kier molecular flexibility index (Phi) is 6.36. The van der Waals surface area contributed by atoms with Gasteiger partial charge in [-0.2, -0.15) is 0 Å². The smallest absolute Gasteiger partial charge is 0.147 e. The van der Waals surface area contributed by atoms with E-state index in [-0.39, 0.29) is 0 Å². The van der Waals surface area contributed by atoms with Gasteiger partial charge in [-0.1, -0.05) is 23.2 Å². The van der Waals surface area contributed by atoms with Crippen molar-refractivity contribution >= 4 is 29.0 Å². The van der Waals surface area contributed by atoms with E-state index < -0.39 is 0 Å². The Balaban J connectivity index is 1.92. The number of pyridine rings is 1. The van der Waals surface area contributed by atoms with Crippen LogP contribution in [0.1, 0.15) is 19.3 Å². The highest BCUT2D eigenvalue weighted by Crippen LogP contribution is 2.26. The van der Waals surface area contributed by atoms with Crippen LogP contribution in [0.5, 0.6) is 0 Å². The molecule has 0 radical (unpaired) electrons. The maximum absolute atomic E-state index is 6.24. The Morgan fingerprint density at radius 2 is 2.00 bits per heavy atom. The number of anilines is 1. The molecule has 4 nitrogen and oxygen atoms in total. The van der Waals surface area contributed by atoms with Gasteiger partial charge in [0, 0.05) is 25.8 Å². The number of nitrogens with zero attached hydrogens (tertiary/aromatic N) is 3. The Labute approximate surface area is 130 Å². The highest BCUT2D eigenvalue weighted by molar-refractivity contribution is 6.36. The van der Waals surface area contributed by atoms with Crippen molar-refractivity contribution in [2.75, 3.05) is 44.2 Å². The van der Waals surface area contributed by atoms with Gasteiger partial charge in [0.25, 0.3) is 0 Å². The first kappa shape index (κ1) is 15.8. The molecule has 0 aromatic carbocycles. The van der Waals surface area contributed by atoms with Gasteiger partial charge >= 0.3 is 0 Å². The molecule has 0 saturated carbocycles. The molecule has 20 heavy (non-hydrogen) atoms. The van der Waals surface area contributed by atoms with Crippen LogP contribution in [0, 0.1) is 0 Å². The first-order chi connectivity index (χ1) is 9.70. The Hall–Kier alpha value is -0.550. The zero-order valence-corrected chi connectivity index (χ0v) is 13.2. The van der Waals surface area contributed by atoms with Crippen LogP contribution in [-0.2, 0) is 0 Å². The van der Waals surface area contributed by atoms with Crippen molar-refractivity contribution in [3.8, 4) is 0 Å². The SMILES string of the molecule is NCCCCN1CCCN(c2ncc(Cl)cc2Cl)CC1. The summed E-state index contributed by atoms with van der Waals surface area (Å²) in [5.74, 6) is 0.847. The fraction of sp³-hybridized carbons (Fsp3) is 0.643. The first-order valence-corrected chi connectivity index (χ1v) is 7.94. The van der Waals surface area contributed by atoms with Crippen LogP contribution in [0.2, 0.25) is 10.0 Å². The summed E-state index contributed by atoms with van der Waals surface area (Å²) in [5.41, 5.74) is 5.54. The molecule has 1 aliphatic heterocycles. The number of hydrogen-bond donors (Lipinski definition) is 1. The molecule has 0 aliphatic carbocycles. The van der Waals surface area contributed by atoms with Crippen molar-refractivity contribution in [2.45, 2.75) is 19.3 Å². The van der Waals surface area contributed by atoms with E-state index in [4.69, 9.17) is 28.9 Å². The lowest BCUT2D eigenvalue weighted by Gasteiger charge is -2.23. The van der Waals surface area contributed by atoms with E-state index in [1.54, 1.807) is 12.3 Å². The number of rotatable bonds is 5. The van der Waals surface area contributed by atoms with Crippen molar-refractivity contribution in [3.63, 3.8) is 0 Å². The number of aromatic nitrogens is 1. The van der Waals surface area contributed by atoms with Gasteiger partial charge in [0.05, 0.1) is 10.0 Å². The van der Waals surface area contributed by atoms with E-state index in [9.17, 15) is 0 Å². The molecule has 2 N–H and O–H groups in total. The number of halogens is 2. The van der Waals surface area contributed by atoms with Crippen molar-refractivity contribution in [2.24, 2.45) is 5.73 Å². The maximum atomic E-state index is 6.24. The molecule has 1 fully saturated rings. The van der Waals surface area contributed by atoms with Gasteiger partial charge in [-0.3, -0.25) is 0 Å². The molecule has 1 aromatic rings. The normalized spacial score (nSPS) is 17.2. The van der Waals surface area contributed by atoms with Crippen LogP contribution in [0.4, 0.5) is 5.82 Å². The summed E-state index contributed by atoms with van der Waals surface area (Å²) in [6.07, 6.45) is 5.07. The molecule has 1 aliphatic rings. The molecule has 6 heteroatoms. The van der Waals surface area contributed by atoms with Gasteiger partial charge in [0.2, 0.25) is 0 Å². The minimum atomic E-state index is 0.581. The molecule has 0 spiro atoms. The van der Waals surface area contributed by atoms with Crippen molar-refractivity contribution in [3.05, 3.63) is 22.3 Å². The summed E-state index contributed by atoms with van der Waals surface area (Å²) in [6, 6.07) is 1.76. The number of hydrogen-bond acceptors (Lipinski definition) is 4. The molecular weight excluding hydrogens is 295 g/mol. The van der Waals surface area contributed by atoms with E-state index in [0.717, 1.165) is 57.9 Å². The molecule has 1 aromatic heterocycles. The highest BCUT2D eigenvalue weighted by atomic mass is 35.5. The van der Waals surface area contributed by atoms with E-state index in [0.29, 0.717) is 10.0 Å². The average Bonchev–Trinajstić information content (AvgIpc) is 2.65. The van der Waals surface area contributed by atoms with Gasteiger partial charge in [-0.15, -0.1) is 0 Å². The third-order valence-corrected chi connectivity index (χ3v) is 4.09. The molecule has 1 saturated heterocycles. The van der Waals surface area contributed by atoms with Crippen molar-refractivity contribution in [1.29, 1.82) is 0 Å². The van der Waals surface area contributed by atoms with Crippen molar-refractivity contribution < 1.29 is 0 Å². The van der Waals surface area contributed by atoms with Crippen LogP contribution < -0.4 is 10.6 Å². The van der Waals surface area contributed by atoms with Crippen LogP contribution >= 0.6 is 23.2 Å². The minimum Gasteiger partial charge on any atom is -0.354 e. The monoisotopic (exact) mass is 316 g/mol. The van der Waals surface area contributed by atoms with Crippen LogP contribution in [-0.4, -0.2) is 49.2 Å². The lowest BCUT2D eigenvalue weighted by atomic mass is 10.3. The second kappa shape index (κ2) is 8.03. The molecular formula is C14H22Cl2N4. The molecule has 0 unspecified atom stereocenters. The highest BCUT2D eigenvalue weighted by Gasteiger charge is 2.17. The van der Waals surface area contributed by atoms with Gasteiger partial charge in [-0.25, -0.2) is 4.98 Å². The van der Waals surface area contributed by atoms with Crippen LogP contribution in [0.25, 0.3) is 0 Å².